The van der Waals surface area contributed by atoms with E-state index in [2.05, 4.69) is 26.5 Å². The van der Waals surface area contributed by atoms with Crippen molar-refractivity contribution in [1.82, 2.24) is 15.8 Å². The molecule has 220 valence electrons. The third-order valence-electron chi connectivity index (χ3n) is 5.46. The number of halogens is 4. The fraction of sp³-hybridized carbons (Fsp3) is 0.0345. The number of pyridine rings is 1. The molecule has 4 rings (SSSR count). The highest BCUT2D eigenvalue weighted by atomic mass is 35.5. The molecular formula is C29H21ClF3N5O5. The van der Waals surface area contributed by atoms with Crippen LogP contribution in [0.3, 0.4) is 0 Å². The first-order valence-corrected chi connectivity index (χ1v) is 12.6. The van der Waals surface area contributed by atoms with E-state index in [1.54, 1.807) is 12.1 Å². The number of anilines is 2. The SMILES string of the molecule is O=C(/C=C/c1ccc(O)cc1)NNC(=O)c1cc(Oc2ccc(NC(=O)Nc3ccc(Cl)c(C(F)(F)F)c3)cc2)ccn1. The van der Waals surface area contributed by atoms with Crippen molar-refractivity contribution in [3.8, 4) is 17.2 Å². The molecule has 0 saturated heterocycles. The molecule has 1 aromatic heterocycles. The molecule has 4 aromatic rings. The normalized spacial score (nSPS) is 11.1. The first kappa shape index (κ1) is 30.4. The molecule has 3 aromatic carbocycles. The van der Waals surface area contributed by atoms with Crippen molar-refractivity contribution in [2.24, 2.45) is 0 Å². The maximum absolute atomic E-state index is 13.0. The van der Waals surface area contributed by atoms with Gasteiger partial charge in [0.25, 0.3) is 11.8 Å². The number of phenolic OH excluding ortho intramolecular Hbond substituents is 1. The van der Waals surface area contributed by atoms with Gasteiger partial charge in [0.1, 0.15) is 22.9 Å². The molecule has 0 atom stereocenters. The van der Waals surface area contributed by atoms with Gasteiger partial charge in [-0.05, 0) is 72.3 Å². The summed E-state index contributed by atoms with van der Waals surface area (Å²) in [4.78, 5) is 40.6. The second-order valence-electron chi connectivity index (χ2n) is 8.64. The Labute approximate surface area is 247 Å². The highest BCUT2D eigenvalue weighted by Gasteiger charge is 2.33. The van der Waals surface area contributed by atoms with Crippen LogP contribution in [0.25, 0.3) is 6.08 Å². The molecule has 5 N–H and O–H groups in total. The average Bonchev–Trinajstić information content (AvgIpc) is 2.97. The summed E-state index contributed by atoms with van der Waals surface area (Å²) >= 11 is 5.60. The third kappa shape index (κ3) is 8.96. The number of hydrogen-bond donors (Lipinski definition) is 5. The Bertz CT molecular complexity index is 1660. The number of ether oxygens (including phenoxy) is 1. The van der Waals surface area contributed by atoms with Crippen LogP contribution in [-0.2, 0) is 11.0 Å². The Morgan fingerprint density at radius 1 is 0.837 bits per heavy atom. The fourth-order valence-corrected chi connectivity index (χ4v) is 3.66. The minimum absolute atomic E-state index is 0.0499. The maximum atomic E-state index is 13.0. The van der Waals surface area contributed by atoms with Crippen molar-refractivity contribution >= 4 is 46.9 Å². The molecule has 43 heavy (non-hydrogen) atoms. The van der Waals surface area contributed by atoms with Crippen molar-refractivity contribution in [2.75, 3.05) is 10.6 Å². The summed E-state index contributed by atoms with van der Waals surface area (Å²) in [5, 5.41) is 13.6. The van der Waals surface area contributed by atoms with Gasteiger partial charge in [-0.1, -0.05) is 23.7 Å². The van der Waals surface area contributed by atoms with Gasteiger partial charge in [0.2, 0.25) is 0 Å². The average molecular weight is 612 g/mol. The number of phenols is 1. The van der Waals surface area contributed by atoms with Gasteiger partial charge in [0.05, 0.1) is 10.6 Å². The number of aromatic nitrogens is 1. The van der Waals surface area contributed by atoms with Crippen molar-refractivity contribution < 1.29 is 37.4 Å². The number of nitrogens with one attached hydrogen (secondary N) is 4. The number of aromatic hydroxyl groups is 1. The summed E-state index contributed by atoms with van der Waals surface area (Å²) in [5.41, 5.74) is 4.22. The third-order valence-corrected chi connectivity index (χ3v) is 5.79. The number of nitrogens with zero attached hydrogens (tertiary/aromatic N) is 1. The van der Waals surface area contributed by atoms with Crippen LogP contribution in [0.1, 0.15) is 21.6 Å². The number of hydrazine groups is 1. The molecule has 0 bridgehead atoms. The highest BCUT2D eigenvalue weighted by Crippen LogP contribution is 2.36. The van der Waals surface area contributed by atoms with E-state index >= 15 is 0 Å². The minimum Gasteiger partial charge on any atom is -0.508 e. The zero-order valence-electron chi connectivity index (χ0n) is 21.8. The zero-order chi connectivity index (χ0) is 31.0. The van der Waals surface area contributed by atoms with Gasteiger partial charge >= 0.3 is 12.2 Å². The first-order valence-electron chi connectivity index (χ1n) is 12.2. The van der Waals surface area contributed by atoms with E-state index in [1.165, 1.54) is 72.9 Å². The van der Waals surface area contributed by atoms with Crippen LogP contribution in [0, 0.1) is 0 Å². The van der Waals surface area contributed by atoms with Gasteiger partial charge in [0, 0.05) is 29.7 Å². The van der Waals surface area contributed by atoms with Gasteiger partial charge in [-0.15, -0.1) is 0 Å². The number of benzene rings is 3. The summed E-state index contributed by atoms with van der Waals surface area (Å²) in [6.07, 6.45) is -0.654. The van der Waals surface area contributed by atoms with E-state index in [4.69, 9.17) is 16.3 Å². The summed E-state index contributed by atoms with van der Waals surface area (Å²) in [7, 11) is 0. The van der Waals surface area contributed by atoms with Gasteiger partial charge < -0.3 is 20.5 Å². The fourth-order valence-electron chi connectivity index (χ4n) is 3.44. The second-order valence-corrected chi connectivity index (χ2v) is 9.05. The van der Waals surface area contributed by atoms with Crippen LogP contribution >= 0.6 is 11.6 Å². The van der Waals surface area contributed by atoms with Crippen molar-refractivity contribution in [2.45, 2.75) is 6.18 Å². The van der Waals surface area contributed by atoms with Crippen LogP contribution in [0.4, 0.5) is 29.3 Å². The van der Waals surface area contributed by atoms with Crippen molar-refractivity contribution in [3.05, 3.63) is 113 Å². The monoisotopic (exact) mass is 611 g/mol. The van der Waals surface area contributed by atoms with E-state index in [1.807, 2.05) is 0 Å². The standard InChI is InChI=1S/C29H21ClF3N5O5/c30-24-11-6-19(15-23(24)29(31,32)33)36-28(42)35-18-4-9-21(10-5-18)43-22-13-14-34-25(16-22)27(41)38-37-26(40)12-3-17-1-7-20(39)8-2-17/h1-16,39H,(H,37,40)(H,38,41)(H2,35,36,42)/b12-3+. The van der Waals surface area contributed by atoms with Crippen LogP contribution in [-0.4, -0.2) is 27.9 Å². The molecule has 0 saturated carbocycles. The lowest BCUT2D eigenvalue weighted by Crippen LogP contribution is -2.41. The van der Waals surface area contributed by atoms with E-state index in [0.29, 0.717) is 17.0 Å². The lowest BCUT2D eigenvalue weighted by Gasteiger charge is -2.12. The summed E-state index contributed by atoms with van der Waals surface area (Å²) in [6.45, 7) is 0. The number of amides is 4. The number of carbonyl (C=O) groups excluding carboxylic acids is 3. The Kier molecular flexibility index (Phi) is 9.47. The summed E-state index contributed by atoms with van der Waals surface area (Å²) in [6, 6.07) is 17.2. The van der Waals surface area contributed by atoms with E-state index < -0.39 is 34.6 Å². The number of alkyl halides is 3. The molecule has 0 aliphatic rings. The molecule has 10 nitrogen and oxygen atoms in total. The maximum Gasteiger partial charge on any atom is 0.417 e. The van der Waals surface area contributed by atoms with E-state index in [9.17, 15) is 32.7 Å². The molecular weight excluding hydrogens is 591 g/mol. The topological polar surface area (TPSA) is 142 Å². The molecule has 14 heteroatoms. The largest absolute Gasteiger partial charge is 0.508 e. The second kappa shape index (κ2) is 13.4. The number of carbonyl (C=O) groups is 3. The zero-order valence-corrected chi connectivity index (χ0v) is 22.5. The Morgan fingerprint density at radius 3 is 2.21 bits per heavy atom. The van der Waals surface area contributed by atoms with Crippen LogP contribution in [0.2, 0.25) is 5.02 Å². The molecule has 0 fully saturated rings. The van der Waals surface area contributed by atoms with E-state index in [0.717, 1.165) is 12.1 Å². The lowest BCUT2D eigenvalue weighted by molar-refractivity contribution is -0.137. The number of hydrogen-bond acceptors (Lipinski definition) is 6. The lowest BCUT2D eigenvalue weighted by atomic mass is 10.2. The van der Waals surface area contributed by atoms with Gasteiger partial charge in [-0.25, -0.2) is 4.79 Å². The minimum atomic E-state index is -4.68. The van der Waals surface area contributed by atoms with Crippen molar-refractivity contribution in [1.29, 1.82) is 0 Å². The van der Waals surface area contributed by atoms with Crippen molar-refractivity contribution in [3.63, 3.8) is 0 Å². The molecule has 4 amide bonds. The van der Waals surface area contributed by atoms with Crippen LogP contribution in [0.5, 0.6) is 17.2 Å². The number of rotatable bonds is 7. The molecule has 0 unspecified atom stereocenters. The van der Waals surface area contributed by atoms with Crippen LogP contribution in [0.15, 0.2) is 91.1 Å². The highest BCUT2D eigenvalue weighted by molar-refractivity contribution is 6.31. The molecule has 0 aliphatic carbocycles. The molecule has 1 heterocycles. The van der Waals surface area contributed by atoms with Crippen LogP contribution < -0.4 is 26.2 Å². The quantitative estimate of drug-likeness (QED) is 0.121. The summed E-state index contributed by atoms with van der Waals surface area (Å²) < 4.78 is 44.9. The Hall–Kier alpha value is -5.56. The molecule has 0 aliphatic heterocycles. The molecule has 0 radical (unpaired) electrons. The summed E-state index contributed by atoms with van der Waals surface area (Å²) in [5.74, 6) is -0.627. The number of urea groups is 1. The molecule has 0 spiro atoms. The van der Waals surface area contributed by atoms with Gasteiger partial charge in [-0.2, -0.15) is 13.2 Å². The predicted octanol–water partition coefficient (Wildman–Crippen LogP) is 6.37. The first-order chi connectivity index (χ1) is 20.5. The van der Waals surface area contributed by atoms with E-state index in [-0.39, 0.29) is 22.9 Å². The van der Waals surface area contributed by atoms with Gasteiger partial charge in [-0.3, -0.25) is 25.4 Å². The Morgan fingerprint density at radius 2 is 1.51 bits per heavy atom. The predicted molar refractivity (Wildman–Crippen MR) is 153 cm³/mol. The smallest absolute Gasteiger partial charge is 0.417 e. The van der Waals surface area contributed by atoms with Gasteiger partial charge in [0.15, 0.2) is 0 Å². The Balaban J connectivity index is 1.29.